The molecule has 2 rings (SSSR count). The Morgan fingerprint density at radius 2 is 1.70 bits per heavy atom. The molecule has 20 heavy (non-hydrogen) atoms. The van der Waals surface area contributed by atoms with Gasteiger partial charge in [-0.3, -0.25) is 0 Å². The number of fused-ring (bicyclic) bond motifs is 1. The van der Waals surface area contributed by atoms with E-state index in [1.807, 2.05) is 0 Å². The first-order chi connectivity index (χ1) is 9.57. The number of nitrogens with zero attached hydrogens (tertiary/aromatic N) is 1. The molecule has 2 heteroatoms. The lowest BCUT2D eigenvalue weighted by molar-refractivity contribution is 0.399. The summed E-state index contributed by atoms with van der Waals surface area (Å²) < 4.78 is 0. The molecule has 0 amide bonds. The molecule has 2 aromatic rings. The molecule has 0 aliphatic heterocycles. The van der Waals surface area contributed by atoms with Crippen molar-refractivity contribution in [3.8, 4) is 0 Å². The number of hydrogen-bond acceptors (Lipinski definition) is 2. The Morgan fingerprint density at radius 3 is 2.40 bits per heavy atom. The average Bonchev–Trinajstić information content (AvgIpc) is 2.44. The van der Waals surface area contributed by atoms with E-state index in [9.17, 15) is 0 Å². The van der Waals surface area contributed by atoms with Gasteiger partial charge in [0.2, 0.25) is 0 Å². The lowest BCUT2D eigenvalue weighted by atomic mass is 10.0. The summed E-state index contributed by atoms with van der Waals surface area (Å²) in [6, 6.07) is 15.2. The van der Waals surface area contributed by atoms with Crippen LogP contribution in [0.15, 0.2) is 42.5 Å². The number of nitrogens with one attached hydrogen (secondary N) is 1. The molecule has 2 nitrogen and oxygen atoms in total. The van der Waals surface area contributed by atoms with Gasteiger partial charge in [-0.05, 0) is 38.8 Å². The fourth-order valence-corrected chi connectivity index (χ4v) is 2.86. The van der Waals surface area contributed by atoms with Gasteiger partial charge in [0.05, 0.1) is 0 Å². The molecule has 0 heterocycles. The molecule has 0 saturated heterocycles. The van der Waals surface area contributed by atoms with E-state index in [1.54, 1.807) is 0 Å². The van der Waals surface area contributed by atoms with Crippen molar-refractivity contribution in [1.29, 1.82) is 0 Å². The van der Waals surface area contributed by atoms with Gasteiger partial charge in [0.25, 0.3) is 0 Å². The Bertz CT molecular complexity index is 555. The summed E-state index contributed by atoms with van der Waals surface area (Å²) >= 11 is 0. The van der Waals surface area contributed by atoms with Crippen molar-refractivity contribution in [3.63, 3.8) is 0 Å². The number of benzene rings is 2. The van der Waals surface area contributed by atoms with Crippen molar-refractivity contribution >= 4 is 16.5 Å². The van der Waals surface area contributed by atoms with Crippen molar-refractivity contribution < 1.29 is 0 Å². The summed E-state index contributed by atoms with van der Waals surface area (Å²) in [6.07, 6.45) is 0. The molecule has 0 spiro atoms. The van der Waals surface area contributed by atoms with Gasteiger partial charge >= 0.3 is 0 Å². The van der Waals surface area contributed by atoms with Crippen LogP contribution >= 0.6 is 0 Å². The smallest absolute Gasteiger partial charge is 0.0446 e. The van der Waals surface area contributed by atoms with Gasteiger partial charge in [-0.1, -0.05) is 43.3 Å². The van der Waals surface area contributed by atoms with Crippen LogP contribution in [-0.4, -0.2) is 25.2 Å². The van der Waals surface area contributed by atoms with Gasteiger partial charge < -0.3 is 10.2 Å². The summed E-state index contributed by atoms with van der Waals surface area (Å²) in [4.78, 5) is 2.46. The maximum atomic E-state index is 3.56. The van der Waals surface area contributed by atoms with Crippen LogP contribution in [0.4, 0.5) is 5.69 Å². The standard InChI is InChI=1S/C18H26N2/c1-5-19-18(3,4)14-20(6-2)17-13-9-11-15-10-7-8-12-16(15)17/h7-13,19H,5-6,14H2,1-4H3. The predicted molar refractivity (Wildman–Crippen MR) is 89.6 cm³/mol. The van der Waals surface area contributed by atoms with Gasteiger partial charge in [0.15, 0.2) is 0 Å². The maximum absolute atomic E-state index is 3.56. The van der Waals surface area contributed by atoms with E-state index in [1.165, 1.54) is 16.5 Å². The lowest BCUT2D eigenvalue weighted by Gasteiger charge is -2.34. The van der Waals surface area contributed by atoms with Crippen LogP contribution in [0.5, 0.6) is 0 Å². The quantitative estimate of drug-likeness (QED) is 0.851. The molecule has 0 aromatic heterocycles. The van der Waals surface area contributed by atoms with Crippen LogP contribution in [0.1, 0.15) is 27.7 Å². The molecule has 0 bridgehead atoms. The minimum Gasteiger partial charge on any atom is -0.369 e. The minimum absolute atomic E-state index is 0.113. The normalized spacial score (nSPS) is 11.8. The summed E-state index contributed by atoms with van der Waals surface area (Å²) in [5, 5.41) is 6.21. The summed E-state index contributed by atoms with van der Waals surface area (Å²) in [5.74, 6) is 0. The van der Waals surface area contributed by atoms with Crippen LogP contribution in [0.25, 0.3) is 10.8 Å². The molecule has 0 unspecified atom stereocenters. The van der Waals surface area contributed by atoms with Crippen LogP contribution in [-0.2, 0) is 0 Å². The Balaban J connectivity index is 2.35. The van der Waals surface area contributed by atoms with E-state index in [0.29, 0.717) is 0 Å². The molecule has 0 atom stereocenters. The molecule has 0 aliphatic rings. The fraction of sp³-hybridized carbons (Fsp3) is 0.444. The monoisotopic (exact) mass is 270 g/mol. The fourth-order valence-electron chi connectivity index (χ4n) is 2.86. The van der Waals surface area contributed by atoms with E-state index < -0.39 is 0 Å². The highest BCUT2D eigenvalue weighted by Gasteiger charge is 2.20. The third kappa shape index (κ3) is 3.31. The number of hydrogen-bond donors (Lipinski definition) is 1. The summed E-state index contributed by atoms with van der Waals surface area (Å²) in [5.41, 5.74) is 1.44. The molecular weight excluding hydrogens is 244 g/mol. The molecule has 108 valence electrons. The largest absolute Gasteiger partial charge is 0.369 e. The zero-order valence-electron chi connectivity index (χ0n) is 13.1. The third-order valence-corrected chi connectivity index (χ3v) is 3.73. The van der Waals surface area contributed by atoms with Gasteiger partial charge in [-0.2, -0.15) is 0 Å². The summed E-state index contributed by atoms with van der Waals surface area (Å²) in [6.45, 7) is 11.9. The van der Waals surface area contributed by atoms with E-state index >= 15 is 0 Å². The maximum Gasteiger partial charge on any atom is 0.0446 e. The Kier molecular flexibility index (Phi) is 4.66. The number of likely N-dealkylation sites (N-methyl/N-ethyl adjacent to an activating group) is 2. The summed E-state index contributed by atoms with van der Waals surface area (Å²) in [7, 11) is 0. The second-order valence-corrected chi connectivity index (χ2v) is 5.93. The molecule has 1 N–H and O–H groups in total. The zero-order valence-corrected chi connectivity index (χ0v) is 13.1. The third-order valence-electron chi connectivity index (χ3n) is 3.73. The van der Waals surface area contributed by atoms with Crippen LogP contribution in [0.2, 0.25) is 0 Å². The van der Waals surface area contributed by atoms with Crippen LogP contribution < -0.4 is 10.2 Å². The number of rotatable bonds is 6. The predicted octanol–water partition coefficient (Wildman–Crippen LogP) is 4.05. The molecular formula is C18H26N2. The van der Waals surface area contributed by atoms with Crippen molar-refractivity contribution in [3.05, 3.63) is 42.5 Å². The van der Waals surface area contributed by atoms with Gasteiger partial charge in [-0.25, -0.2) is 0 Å². The van der Waals surface area contributed by atoms with E-state index in [0.717, 1.165) is 19.6 Å². The van der Waals surface area contributed by atoms with E-state index in [4.69, 9.17) is 0 Å². The van der Waals surface area contributed by atoms with Gasteiger partial charge in [0, 0.05) is 29.7 Å². The zero-order chi connectivity index (χ0) is 14.6. The first kappa shape index (κ1) is 14.9. The molecule has 0 radical (unpaired) electrons. The highest BCUT2D eigenvalue weighted by atomic mass is 15.2. The van der Waals surface area contributed by atoms with Crippen LogP contribution in [0.3, 0.4) is 0 Å². The Morgan fingerprint density at radius 1 is 1.00 bits per heavy atom. The molecule has 0 aliphatic carbocycles. The molecule has 0 saturated carbocycles. The van der Waals surface area contributed by atoms with Crippen molar-refractivity contribution in [2.75, 3.05) is 24.5 Å². The van der Waals surface area contributed by atoms with Crippen molar-refractivity contribution in [1.82, 2.24) is 5.32 Å². The van der Waals surface area contributed by atoms with Crippen molar-refractivity contribution in [2.45, 2.75) is 33.2 Å². The SMILES string of the molecule is CCNC(C)(C)CN(CC)c1cccc2ccccc12. The highest BCUT2D eigenvalue weighted by Crippen LogP contribution is 2.27. The minimum atomic E-state index is 0.113. The van der Waals surface area contributed by atoms with E-state index in [-0.39, 0.29) is 5.54 Å². The second kappa shape index (κ2) is 6.27. The Hall–Kier alpha value is -1.54. The first-order valence-electron chi connectivity index (χ1n) is 7.55. The molecule has 0 fully saturated rings. The van der Waals surface area contributed by atoms with E-state index in [2.05, 4.69) is 80.4 Å². The lowest BCUT2D eigenvalue weighted by Crippen LogP contribution is -2.49. The first-order valence-corrected chi connectivity index (χ1v) is 7.55. The highest BCUT2D eigenvalue weighted by molar-refractivity contribution is 5.94. The van der Waals surface area contributed by atoms with Crippen LogP contribution in [0, 0.1) is 0 Å². The van der Waals surface area contributed by atoms with Gasteiger partial charge in [0.1, 0.15) is 0 Å². The molecule has 2 aromatic carbocycles. The Labute approximate surface area is 122 Å². The second-order valence-electron chi connectivity index (χ2n) is 5.93. The topological polar surface area (TPSA) is 15.3 Å². The van der Waals surface area contributed by atoms with Crippen molar-refractivity contribution in [2.24, 2.45) is 0 Å². The number of anilines is 1. The average molecular weight is 270 g/mol. The van der Waals surface area contributed by atoms with Gasteiger partial charge in [-0.15, -0.1) is 0 Å².